The first-order valence-corrected chi connectivity index (χ1v) is 10.2. The Hall–Kier alpha value is -3.48. The number of hydrogen-bond donors (Lipinski definition) is 1. The number of piperidine rings is 1. The minimum atomic E-state index is -0.299. The van der Waals surface area contributed by atoms with Crippen molar-refractivity contribution < 1.29 is 9.18 Å². The summed E-state index contributed by atoms with van der Waals surface area (Å²) in [6.07, 6.45) is 5.45. The van der Waals surface area contributed by atoms with Crippen LogP contribution in [0.2, 0.25) is 0 Å². The maximum atomic E-state index is 13.8. The Morgan fingerprint density at radius 1 is 1.13 bits per heavy atom. The molecule has 0 radical (unpaired) electrons. The van der Waals surface area contributed by atoms with Gasteiger partial charge in [-0.2, -0.15) is 0 Å². The first kappa shape index (κ1) is 18.5. The Morgan fingerprint density at radius 2 is 2.00 bits per heavy atom. The first-order valence-electron chi connectivity index (χ1n) is 10.2. The van der Waals surface area contributed by atoms with Crippen LogP contribution in [0.5, 0.6) is 0 Å². The van der Waals surface area contributed by atoms with E-state index in [1.807, 2.05) is 30.5 Å². The molecular formula is C23H22FN5O. The first-order chi connectivity index (χ1) is 14.7. The number of pyridine rings is 1. The molecule has 5 rings (SSSR count). The summed E-state index contributed by atoms with van der Waals surface area (Å²) >= 11 is 0. The quantitative estimate of drug-likeness (QED) is 0.566. The van der Waals surface area contributed by atoms with E-state index in [-0.39, 0.29) is 24.2 Å². The van der Waals surface area contributed by atoms with Crippen molar-refractivity contribution in [2.24, 2.45) is 5.92 Å². The molecule has 152 valence electrons. The number of halogens is 1. The third-order valence-electron chi connectivity index (χ3n) is 5.72. The maximum Gasteiger partial charge on any atom is 0.225 e. The highest BCUT2D eigenvalue weighted by Gasteiger charge is 2.28. The zero-order chi connectivity index (χ0) is 20.5. The average Bonchev–Trinajstić information content (AvgIpc) is 3.28. The minimum absolute atomic E-state index is 0.0479. The van der Waals surface area contributed by atoms with Crippen LogP contribution in [0.25, 0.3) is 16.7 Å². The molecule has 1 atom stereocenters. The molecule has 1 aliphatic rings. The van der Waals surface area contributed by atoms with Gasteiger partial charge in [-0.3, -0.25) is 4.79 Å². The van der Waals surface area contributed by atoms with Gasteiger partial charge in [-0.15, -0.1) is 0 Å². The standard InChI is InChI=1S/C23H22FN5O/c24-18-8-2-1-6-16(18)14-26-23(30)17-7-4-12-28(15-17)22-20-10-5-13-29(20)19-9-3-11-25-21(19)27-22/h1-3,5-6,8-11,13,17H,4,7,12,14-15H2,(H,26,30)/t17-/m1/s1. The number of amides is 1. The molecular weight excluding hydrogens is 381 g/mol. The monoisotopic (exact) mass is 403 g/mol. The van der Waals surface area contributed by atoms with E-state index in [4.69, 9.17) is 4.98 Å². The summed E-state index contributed by atoms with van der Waals surface area (Å²) in [5, 5.41) is 2.90. The molecule has 0 bridgehead atoms. The second-order valence-electron chi connectivity index (χ2n) is 7.64. The van der Waals surface area contributed by atoms with Crippen LogP contribution in [0.4, 0.5) is 10.2 Å². The largest absolute Gasteiger partial charge is 0.354 e. The number of carbonyl (C=O) groups is 1. The number of fused-ring (bicyclic) bond motifs is 3. The molecule has 1 amide bonds. The number of aromatic nitrogens is 3. The predicted octanol–water partition coefficient (Wildman–Crippen LogP) is 3.55. The van der Waals surface area contributed by atoms with E-state index < -0.39 is 0 Å². The molecule has 0 spiro atoms. The summed E-state index contributed by atoms with van der Waals surface area (Å²) < 4.78 is 15.9. The van der Waals surface area contributed by atoms with Crippen molar-refractivity contribution in [3.05, 3.63) is 72.3 Å². The SMILES string of the molecule is O=C(NCc1ccccc1F)[C@@H]1CCCN(c2nc3ncccc3n3cccc23)C1. The zero-order valence-corrected chi connectivity index (χ0v) is 16.5. The fourth-order valence-electron chi connectivity index (χ4n) is 4.18. The van der Waals surface area contributed by atoms with Gasteiger partial charge in [0.1, 0.15) is 5.82 Å². The van der Waals surface area contributed by atoms with Crippen LogP contribution >= 0.6 is 0 Å². The number of benzene rings is 1. The van der Waals surface area contributed by atoms with Crippen LogP contribution < -0.4 is 10.2 Å². The Labute approximate surface area is 173 Å². The van der Waals surface area contributed by atoms with E-state index in [0.29, 0.717) is 17.8 Å². The molecule has 0 aliphatic carbocycles. The van der Waals surface area contributed by atoms with Crippen LogP contribution in [0.3, 0.4) is 0 Å². The number of nitrogens with one attached hydrogen (secondary N) is 1. The van der Waals surface area contributed by atoms with Crippen LogP contribution in [-0.4, -0.2) is 33.4 Å². The highest BCUT2D eigenvalue weighted by atomic mass is 19.1. The van der Waals surface area contributed by atoms with Crippen molar-refractivity contribution in [1.29, 1.82) is 0 Å². The summed E-state index contributed by atoms with van der Waals surface area (Å²) in [6, 6.07) is 14.5. The molecule has 1 aliphatic heterocycles. The molecule has 30 heavy (non-hydrogen) atoms. The van der Waals surface area contributed by atoms with Crippen molar-refractivity contribution in [3.63, 3.8) is 0 Å². The lowest BCUT2D eigenvalue weighted by molar-refractivity contribution is -0.125. The van der Waals surface area contributed by atoms with Gasteiger partial charge in [0.25, 0.3) is 0 Å². The van der Waals surface area contributed by atoms with Crippen LogP contribution in [0.1, 0.15) is 18.4 Å². The number of hydrogen-bond acceptors (Lipinski definition) is 4. The molecule has 1 fully saturated rings. The molecule has 3 aromatic heterocycles. The van der Waals surface area contributed by atoms with Gasteiger partial charge in [0, 0.05) is 37.6 Å². The Bertz CT molecular complexity index is 1220. The molecule has 0 saturated carbocycles. The molecule has 0 unspecified atom stereocenters. The van der Waals surface area contributed by atoms with E-state index in [0.717, 1.165) is 36.2 Å². The summed E-state index contributed by atoms with van der Waals surface area (Å²) in [4.78, 5) is 24.2. The summed E-state index contributed by atoms with van der Waals surface area (Å²) in [5.74, 6) is 0.333. The second kappa shape index (κ2) is 7.74. The molecule has 1 aromatic carbocycles. The summed E-state index contributed by atoms with van der Waals surface area (Å²) in [5.41, 5.74) is 3.14. The van der Waals surface area contributed by atoms with Gasteiger partial charge in [0.2, 0.25) is 5.91 Å². The molecule has 7 heteroatoms. The fraction of sp³-hybridized carbons (Fsp3) is 0.261. The van der Waals surface area contributed by atoms with E-state index in [1.165, 1.54) is 6.07 Å². The van der Waals surface area contributed by atoms with Crippen molar-refractivity contribution in [2.45, 2.75) is 19.4 Å². The third-order valence-corrected chi connectivity index (χ3v) is 5.72. The van der Waals surface area contributed by atoms with Gasteiger partial charge in [-0.1, -0.05) is 18.2 Å². The normalized spacial score (nSPS) is 16.8. The van der Waals surface area contributed by atoms with Crippen LogP contribution in [0.15, 0.2) is 60.9 Å². The van der Waals surface area contributed by atoms with Crippen molar-refractivity contribution in [2.75, 3.05) is 18.0 Å². The zero-order valence-electron chi connectivity index (χ0n) is 16.5. The second-order valence-corrected chi connectivity index (χ2v) is 7.64. The number of nitrogens with zero attached hydrogens (tertiary/aromatic N) is 4. The highest BCUT2D eigenvalue weighted by molar-refractivity contribution is 5.84. The van der Waals surface area contributed by atoms with E-state index >= 15 is 0 Å². The van der Waals surface area contributed by atoms with Crippen LogP contribution in [-0.2, 0) is 11.3 Å². The third kappa shape index (κ3) is 3.36. The predicted molar refractivity (Wildman–Crippen MR) is 114 cm³/mol. The van der Waals surface area contributed by atoms with Gasteiger partial charge in [-0.25, -0.2) is 14.4 Å². The van der Waals surface area contributed by atoms with E-state index in [2.05, 4.69) is 19.6 Å². The van der Waals surface area contributed by atoms with Gasteiger partial charge in [-0.05, 0) is 43.2 Å². The van der Waals surface area contributed by atoms with Crippen molar-refractivity contribution in [3.8, 4) is 0 Å². The van der Waals surface area contributed by atoms with Crippen LogP contribution in [0, 0.1) is 11.7 Å². The van der Waals surface area contributed by atoms with E-state index in [1.54, 1.807) is 24.4 Å². The minimum Gasteiger partial charge on any atom is -0.354 e. The molecule has 1 N–H and O–H groups in total. The molecule has 1 saturated heterocycles. The fourth-order valence-corrected chi connectivity index (χ4v) is 4.18. The van der Waals surface area contributed by atoms with Gasteiger partial charge in [0.05, 0.1) is 17.0 Å². The lowest BCUT2D eigenvalue weighted by Gasteiger charge is -2.33. The van der Waals surface area contributed by atoms with E-state index in [9.17, 15) is 9.18 Å². The Kier molecular flexibility index (Phi) is 4.78. The Balaban J connectivity index is 1.37. The molecule has 4 aromatic rings. The molecule has 6 nitrogen and oxygen atoms in total. The number of carbonyl (C=O) groups excluding carboxylic acids is 1. The summed E-state index contributed by atoms with van der Waals surface area (Å²) in [6.45, 7) is 1.61. The topological polar surface area (TPSA) is 62.5 Å². The van der Waals surface area contributed by atoms with Crippen molar-refractivity contribution in [1.82, 2.24) is 19.7 Å². The van der Waals surface area contributed by atoms with Gasteiger partial charge < -0.3 is 14.6 Å². The lowest BCUT2D eigenvalue weighted by atomic mass is 9.97. The van der Waals surface area contributed by atoms with Gasteiger partial charge in [0.15, 0.2) is 11.5 Å². The lowest BCUT2D eigenvalue weighted by Crippen LogP contribution is -2.43. The maximum absolute atomic E-state index is 13.8. The number of rotatable bonds is 4. The number of anilines is 1. The van der Waals surface area contributed by atoms with Crippen molar-refractivity contribution >= 4 is 28.4 Å². The van der Waals surface area contributed by atoms with Gasteiger partial charge >= 0.3 is 0 Å². The average molecular weight is 403 g/mol. The summed E-state index contributed by atoms with van der Waals surface area (Å²) in [7, 11) is 0. The Morgan fingerprint density at radius 3 is 2.90 bits per heavy atom. The smallest absolute Gasteiger partial charge is 0.225 e. The molecule has 4 heterocycles. The highest BCUT2D eigenvalue weighted by Crippen LogP contribution is 2.28.